The summed E-state index contributed by atoms with van der Waals surface area (Å²) in [7, 11) is 0. The normalized spacial score (nSPS) is 13.5. The lowest BCUT2D eigenvalue weighted by atomic mass is 10.0. The Bertz CT molecular complexity index is 399. The molecule has 0 aromatic heterocycles. The highest BCUT2D eigenvalue weighted by Crippen LogP contribution is 2.30. The summed E-state index contributed by atoms with van der Waals surface area (Å²) in [4.78, 5) is 2.08. The van der Waals surface area contributed by atoms with Gasteiger partial charge in [0.05, 0.1) is 11.7 Å². The Balaban J connectivity index is 3.12. The van der Waals surface area contributed by atoms with Crippen molar-refractivity contribution in [1.29, 1.82) is 0 Å². The lowest BCUT2D eigenvalue weighted by molar-refractivity contribution is 0.0873. The van der Waals surface area contributed by atoms with Crippen molar-refractivity contribution in [3.8, 4) is 0 Å². The van der Waals surface area contributed by atoms with E-state index in [1.807, 2.05) is 25.1 Å². The Kier molecular flexibility index (Phi) is 5.20. The summed E-state index contributed by atoms with van der Waals surface area (Å²) in [6, 6.07) is 5.85. The van der Waals surface area contributed by atoms with E-state index >= 15 is 0 Å². The van der Waals surface area contributed by atoms with Crippen molar-refractivity contribution in [1.82, 2.24) is 0 Å². The van der Waals surface area contributed by atoms with E-state index in [4.69, 9.17) is 0 Å². The zero-order chi connectivity index (χ0) is 13.9. The third kappa shape index (κ3) is 4.26. The average molecular weight is 316 g/mol. The van der Waals surface area contributed by atoms with E-state index in [-0.39, 0.29) is 0 Å². The van der Waals surface area contributed by atoms with Gasteiger partial charge in [-0.15, -0.1) is 0 Å². The van der Waals surface area contributed by atoms with Crippen LogP contribution in [-0.2, 0) is 0 Å². The Morgan fingerprint density at radius 2 is 2.00 bits per heavy atom. The zero-order valence-corrected chi connectivity index (χ0v) is 13.0. The molecule has 0 radical (unpaired) electrons. The number of likely N-dealkylation sites (N-methyl/N-ethyl adjacent to an activating group) is 1. The van der Waals surface area contributed by atoms with Crippen LogP contribution in [0.15, 0.2) is 22.7 Å². The first-order valence-corrected chi connectivity index (χ1v) is 6.98. The second-order valence-corrected chi connectivity index (χ2v) is 6.12. The Morgan fingerprint density at radius 3 is 2.44 bits per heavy atom. The minimum absolute atomic E-state index is 0.533. The van der Waals surface area contributed by atoms with Gasteiger partial charge in [-0.25, -0.2) is 0 Å². The first-order chi connectivity index (χ1) is 8.24. The summed E-state index contributed by atoms with van der Waals surface area (Å²) >= 11 is 3.42. The first-order valence-electron chi connectivity index (χ1n) is 6.19. The maximum Gasteiger partial charge on any atom is 0.0782 e. The van der Waals surface area contributed by atoms with Gasteiger partial charge in [0.1, 0.15) is 0 Å². The quantitative estimate of drug-likeness (QED) is 0.877. The van der Waals surface area contributed by atoms with Crippen LogP contribution in [0.2, 0.25) is 0 Å². The number of benzene rings is 1. The molecule has 3 nitrogen and oxygen atoms in total. The van der Waals surface area contributed by atoms with Crippen molar-refractivity contribution in [2.45, 2.75) is 39.4 Å². The highest BCUT2D eigenvalue weighted by molar-refractivity contribution is 9.10. The summed E-state index contributed by atoms with van der Waals surface area (Å²) in [5.41, 5.74) is 1.08. The molecule has 0 fully saturated rings. The standard InChI is InChI=1S/C14H22BrNO2/c1-5-16(9-14(3,4)18)13-7-6-11(15)8-12(13)10(2)17/h6-8,10,17-18H,5,9H2,1-4H3. The molecule has 4 heteroatoms. The molecule has 2 N–H and O–H groups in total. The molecule has 0 aliphatic carbocycles. The minimum atomic E-state index is -0.765. The number of hydrogen-bond donors (Lipinski definition) is 2. The Labute approximate surface area is 118 Å². The molecule has 1 unspecified atom stereocenters. The molecule has 0 aliphatic rings. The molecule has 1 atom stereocenters. The topological polar surface area (TPSA) is 43.7 Å². The maximum atomic E-state index is 9.95. The third-order valence-electron chi connectivity index (χ3n) is 2.74. The molecule has 102 valence electrons. The molecular weight excluding hydrogens is 294 g/mol. The van der Waals surface area contributed by atoms with Gasteiger partial charge in [-0.3, -0.25) is 0 Å². The average Bonchev–Trinajstić information content (AvgIpc) is 2.24. The smallest absolute Gasteiger partial charge is 0.0782 e. The van der Waals surface area contributed by atoms with Crippen molar-refractivity contribution < 1.29 is 10.2 Å². The van der Waals surface area contributed by atoms with Gasteiger partial charge >= 0.3 is 0 Å². The summed E-state index contributed by atoms with van der Waals surface area (Å²) in [6.07, 6.45) is -0.534. The van der Waals surface area contributed by atoms with Gasteiger partial charge in [0, 0.05) is 28.8 Å². The van der Waals surface area contributed by atoms with Crippen LogP contribution in [0.5, 0.6) is 0 Å². The molecule has 0 amide bonds. The Hall–Kier alpha value is -0.580. The molecule has 1 rings (SSSR count). The molecule has 1 aromatic rings. The summed E-state index contributed by atoms with van der Waals surface area (Å²) in [5, 5.41) is 19.8. The van der Waals surface area contributed by atoms with Crippen LogP contribution >= 0.6 is 15.9 Å². The fourth-order valence-electron chi connectivity index (χ4n) is 1.98. The van der Waals surface area contributed by atoms with Crippen LogP contribution in [0.4, 0.5) is 5.69 Å². The molecule has 18 heavy (non-hydrogen) atoms. The molecule has 0 aliphatic heterocycles. The van der Waals surface area contributed by atoms with E-state index in [9.17, 15) is 10.2 Å². The van der Waals surface area contributed by atoms with Gasteiger partial charge in [0.2, 0.25) is 0 Å². The summed E-state index contributed by atoms with van der Waals surface area (Å²) in [5.74, 6) is 0. The zero-order valence-electron chi connectivity index (χ0n) is 11.4. The van der Waals surface area contributed by atoms with Crippen LogP contribution in [0, 0.1) is 0 Å². The van der Waals surface area contributed by atoms with Crippen LogP contribution in [0.25, 0.3) is 0 Å². The maximum absolute atomic E-state index is 9.95. The van der Waals surface area contributed by atoms with E-state index in [0.717, 1.165) is 22.3 Å². The first kappa shape index (κ1) is 15.5. The van der Waals surface area contributed by atoms with Crippen molar-refractivity contribution in [3.05, 3.63) is 28.2 Å². The predicted octanol–water partition coefficient (Wildman–Crippen LogP) is 3.10. The van der Waals surface area contributed by atoms with Crippen molar-refractivity contribution in [3.63, 3.8) is 0 Å². The van der Waals surface area contributed by atoms with Crippen LogP contribution < -0.4 is 4.90 Å². The second-order valence-electron chi connectivity index (χ2n) is 5.21. The van der Waals surface area contributed by atoms with Crippen molar-refractivity contribution in [2.75, 3.05) is 18.0 Å². The largest absolute Gasteiger partial charge is 0.389 e. The molecule has 0 saturated carbocycles. The summed E-state index contributed by atoms with van der Waals surface area (Å²) in [6.45, 7) is 8.69. The van der Waals surface area contributed by atoms with E-state index in [2.05, 4.69) is 20.8 Å². The molecule has 0 heterocycles. The van der Waals surface area contributed by atoms with Gasteiger partial charge in [-0.05, 0) is 45.9 Å². The fraction of sp³-hybridized carbons (Fsp3) is 0.571. The number of anilines is 1. The Morgan fingerprint density at radius 1 is 1.39 bits per heavy atom. The highest BCUT2D eigenvalue weighted by atomic mass is 79.9. The summed E-state index contributed by atoms with van der Waals surface area (Å²) < 4.78 is 0.946. The number of rotatable bonds is 5. The molecule has 1 aromatic carbocycles. The number of halogens is 1. The molecule has 0 saturated heterocycles. The number of aliphatic hydroxyl groups excluding tert-OH is 1. The fourth-order valence-corrected chi connectivity index (χ4v) is 2.36. The highest BCUT2D eigenvalue weighted by Gasteiger charge is 2.20. The van der Waals surface area contributed by atoms with Gasteiger partial charge in [-0.1, -0.05) is 15.9 Å². The van der Waals surface area contributed by atoms with Crippen LogP contribution in [0.1, 0.15) is 39.4 Å². The van der Waals surface area contributed by atoms with Crippen LogP contribution in [0.3, 0.4) is 0 Å². The monoisotopic (exact) mass is 315 g/mol. The SMILES string of the molecule is CCN(CC(C)(C)O)c1ccc(Br)cc1C(C)O. The molecular formula is C14H22BrNO2. The minimum Gasteiger partial charge on any atom is -0.389 e. The van der Waals surface area contributed by atoms with Crippen LogP contribution in [-0.4, -0.2) is 28.9 Å². The van der Waals surface area contributed by atoms with Crippen molar-refractivity contribution >= 4 is 21.6 Å². The van der Waals surface area contributed by atoms with Gasteiger partial charge in [0.25, 0.3) is 0 Å². The van der Waals surface area contributed by atoms with E-state index in [0.29, 0.717) is 6.54 Å². The number of nitrogens with zero attached hydrogens (tertiary/aromatic N) is 1. The van der Waals surface area contributed by atoms with Gasteiger partial charge < -0.3 is 15.1 Å². The lowest BCUT2D eigenvalue weighted by Crippen LogP contribution is -2.39. The third-order valence-corrected chi connectivity index (χ3v) is 3.23. The second kappa shape index (κ2) is 6.04. The van der Waals surface area contributed by atoms with E-state index in [1.54, 1.807) is 20.8 Å². The number of aliphatic hydroxyl groups is 2. The van der Waals surface area contributed by atoms with Crippen molar-refractivity contribution in [2.24, 2.45) is 0 Å². The van der Waals surface area contributed by atoms with Gasteiger partial charge in [-0.2, -0.15) is 0 Å². The lowest BCUT2D eigenvalue weighted by Gasteiger charge is -2.32. The van der Waals surface area contributed by atoms with E-state index in [1.165, 1.54) is 0 Å². The molecule has 0 spiro atoms. The van der Waals surface area contributed by atoms with E-state index < -0.39 is 11.7 Å². The number of hydrogen-bond acceptors (Lipinski definition) is 3. The van der Waals surface area contributed by atoms with Gasteiger partial charge in [0.15, 0.2) is 0 Å². The molecule has 0 bridgehead atoms. The predicted molar refractivity (Wildman–Crippen MR) is 79.0 cm³/mol.